The Hall–Kier alpha value is -1.71. The molecule has 1 saturated carbocycles. The van der Waals surface area contributed by atoms with Crippen molar-refractivity contribution in [3.63, 3.8) is 0 Å². The van der Waals surface area contributed by atoms with Gasteiger partial charge in [0.05, 0.1) is 7.11 Å². The summed E-state index contributed by atoms with van der Waals surface area (Å²) in [6.45, 7) is 2.74. The number of methoxy groups -OCH3 is 1. The van der Waals surface area contributed by atoms with E-state index >= 15 is 0 Å². The Labute approximate surface area is 133 Å². The van der Waals surface area contributed by atoms with Gasteiger partial charge in [-0.1, -0.05) is 32.3 Å². The van der Waals surface area contributed by atoms with Gasteiger partial charge in [0.15, 0.2) is 6.10 Å². The summed E-state index contributed by atoms with van der Waals surface area (Å²) in [6.07, 6.45) is 6.57. The lowest BCUT2D eigenvalue weighted by Crippen LogP contribution is -2.40. The normalized spacial score (nSPS) is 16.8. The second-order valence-corrected chi connectivity index (χ2v) is 5.94. The van der Waals surface area contributed by atoms with Gasteiger partial charge < -0.3 is 14.8 Å². The van der Waals surface area contributed by atoms with Crippen molar-refractivity contribution < 1.29 is 14.3 Å². The molecule has 0 bridgehead atoms. The second kappa shape index (κ2) is 8.66. The molecule has 122 valence electrons. The molecule has 0 radical (unpaired) electrons. The number of ether oxygens (including phenoxy) is 2. The zero-order valence-electron chi connectivity index (χ0n) is 13.6. The minimum Gasteiger partial charge on any atom is -0.497 e. The van der Waals surface area contributed by atoms with Crippen molar-refractivity contribution in [2.24, 2.45) is 5.92 Å². The topological polar surface area (TPSA) is 47.6 Å². The first kappa shape index (κ1) is 16.7. The van der Waals surface area contributed by atoms with E-state index in [-0.39, 0.29) is 5.91 Å². The van der Waals surface area contributed by atoms with Crippen molar-refractivity contribution in [1.82, 2.24) is 5.32 Å². The number of rotatable bonds is 7. The van der Waals surface area contributed by atoms with Crippen molar-refractivity contribution in [2.75, 3.05) is 13.7 Å². The van der Waals surface area contributed by atoms with Crippen LogP contribution in [0.25, 0.3) is 0 Å². The van der Waals surface area contributed by atoms with Crippen molar-refractivity contribution in [2.45, 2.75) is 51.6 Å². The lowest BCUT2D eigenvalue weighted by molar-refractivity contribution is -0.128. The molecule has 22 heavy (non-hydrogen) atoms. The zero-order valence-corrected chi connectivity index (χ0v) is 13.6. The third-order valence-electron chi connectivity index (χ3n) is 4.27. The van der Waals surface area contributed by atoms with E-state index in [1.807, 2.05) is 25.1 Å². The Balaban J connectivity index is 1.85. The van der Waals surface area contributed by atoms with Crippen molar-refractivity contribution >= 4 is 5.91 Å². The number of amides is 1. The van der Waals surface area contributed by atoms with E-state index in [4.69, 9.17) is 9.47 Å². The first-order valence-electron chi connectivity index (χ1n) is 8.31. The van der Waals surface area contributed by atoms with E-state index in [0.29, 0.717) is 18.1 Å². The molecule has 1 atom stereocenters. The van der Waals surface area contributed by atoms with E-state index < -0.39 is 6.10 Å². The van der Waals surface area contributed by atoms with Crippen LogP contribution in [0.1, 0.15) is 45.4 Å². The number of carbonyl (C=O) groups is 1. The number of hydrogen-bond donors (Lipinski definition) is 1. The molecule has 1 fully saturated rings. The minimum absolute atomic E-state index is 0.0177. The molecule has 4 nitrogen and oxygen atoms in total. The largest absolute Gasteiger partial charge is 0.497 e. The van der Waals surface area contributed by atoms with Gasteiger partial charge in [0.2, 0.25) is 0 Å². The molecule has 1 aromatic carbocycles. The molecule has 1 amide bonds. The third kappa shape index (κ3) is 4.93. The van der Waals surface area contributed by atoms with Gasteiger partial charge in [0.25, 0.3) is 5.91 Å². The Morgan fingerprint density at radius 1 is 1.27 bits per heavy atom. The van der Waals surface area contributed by atoms with Crippen molar-refractivity contribution in [3.8, 4) is 11.5 Å². The van der Waals surface area contributed by atoms with Crippen LogP contribution in [-0.4, -0.2) is 25.7 Å². The molecule has 4 heteroatoms. The van der Waals surface area contributed by atoms with Gasteiger partial charge >= 0.3 is 0 Å². The fourth-order valence-electron chi connectivity index (χ4n) is 2.91. The highest BCUT2D eigenvalue weighted by molar-refractivity contribution is 5.81. The summed E-state index contributed by atoms with van der Waals surface area (Å²) in [6, 6.07) is 7.37. The quantitative estimate of drug-likeness (QED) is 0.838. The second-order valence-electron chi connectivity index (χ2n) is 5.94. The summed E-state index contributed by atoms with van der Waals surface area (Å²) in [5, 5.41) is 3.06. The van der Waals surface area contributed by atoms with E-state index in [2.05, 4.69) is 5.32 Å². The molecule has 1 N–H and O–H groups in total. The smallest absolute Gasteiger partial charge is 0.261 e. The Morgan fingerprint density at radius 2 is 2.00 bits per heavy atom. The van der Waals surface area contributed by atoms with Gasteiger partial charge in [-0.3, -0.25) is 4.79 Å². The first-order valence-corrected chi connectivity index (χ1v) is 8.31. The van der Waals surface area contributed by atoms with Crippen LogP contribution in [0.4, 0.5) is 0 Å². The van der Waals surface area contributed by atoms with Gasteiger partial charge in [0.1, 0.15) is 11.5 Å². The molecular weight excluding hydrogens is 278 g/mol. The van der Waals surface area contributed by atoms with Gasteiger partial charge in [-0.05, 0) is 37.3 Å². The molecule has 0 heterocycles. The summed E-state index contributed by atoms with van der Waals surface area (Å²) < 4.78 is 11.0. The number of nitrogens with one attached hydrogen (secondary N) is 1. The molecule has 0 spiro atoms. The SMILES string of the molecule is CCC(Oc1cccc(OC)c1)C(=O)NCC1CCCCC1. The lowest BCUT2D eigenvalue weighted by atomic mass is 9.89. The van der Waals surface area contributed by atoms with Gasteiger partial charge in [-0.15, -0.1) is 0 Å². The van der Waals surface area contributed by atoms with E-state index in [0.717, 1.165) is 12.3 Å². The van der Waals surface area contributed by atoms with Crippen LogP contribution in [0.3, 0.4) is 0 Å². The molecule has 1 aliphatic carbocycles. The minimum atomic E-state index is -0.448. The standard InChI is InChI=1S/C18H27NO3/c1-3-17(22-16-11-7-10-15(12-16)21-2)18(20)19-13-14-8-5-4-6-9-14/h7,10-12,14,17H,3-6,8-9,13H2,1-2H3,(H,19,20). The van der Waals surface area contributed by atoms with Crippen LogP contribution >= 0.6 is 0 Å². The number of carbonyl (C=O) groups excluding carboxylic acids is 1. The highest BCUT2D eigenvalue weighted by Gasteiger charge is 2.20. The summed E-state index contributed by atoms with van der Waals surface area (Å²) in [4.78, 5) is 12.3. The summed E-state index contributed by atoms with van der Waals surface area (Å²) >= 11 is 0. The molecular formula is C18H27NO3. The van der Waals surface area contributed by atoms with Crippen LogP contribution in [0.5, 0.6) is 11.5 Å². The van der Waals surface area contributed by atoms with Gasteiger partial charge in [-0.2, -0.15) is 0 Å². The van der Waals surface area contributed by atoms with Crippen molar-refractivity contribution in [3.05, 3.63) is 24.3 Å². The lowest BCUT2D eigenvalue weighted by Gasteiger charge is -2.23. The average molecular weight is 305 g/mol. The van der Waals surface area contributed by atoms with Crippen LogP contribution in [0.2, 0.25) is 0 Å². The van der Waals surface area contributed by atoms with Gasteiger partial charge in [0, 0.05) is 12.6 Å². The van der Waals surface area contributed by atoms with E-state index in [1.165, 1.54) is 32.1 Å². The summed E-state index contributed by atoms with van der Waals surface area (Å²) in [5.74, 6) is 2.01. The maximum absolute atomic E-state index is 12.3. The third-order valence-corrected chi connectivity index (χ3v) is 4.27. The number of hydrogen-bond acceptors (Lipinski definition) is 3. The molecule has 2 rings (SSSR count). The average Bonchev–Trinajstić information content (AvgIpc) is 2.58. The van der Waals surface area contributed by atoms with E-state index in [1.54, 1.807) is 13.2 Å². The maximum atomic E-state index is 12.3. The van der Waals surface area contributed by atoms with Crippen molar-refractivity contribution in [1.29, 1.82) is 0 Å². The van der Waals surface area contributed by atoms with Gasteiger partial charge in [-0.25, -0.2) is 0 Å². The highest BCUT2D eigenvalue weighted by Crippen LogP contribution is 2.23. The zero-order chi connectivity index (χ0) is 15.8. The first-order chi connectivity index (χ1) is 10.7. The molecule has 1 aromatic rings. The molecule has 0 aliphatic heterocycles. The molecule has 0 aromatic heterocycles. The predicted octanol–water partition coefficient (Wildman–Crippen LogP) is 3.55. The predicted molar refractivity (Wildman–Crippen MR) is 87.3 cm³/mol. The van der Waals surface area contributed by atoms with E-state index in [9.17, 15) is 4.79 Å². The fourth-order valence-corrected chi connectivity index (χ4v) is 2.91. The Bertz CT molecular complexity index is 469. The molecule has 1 aliphatic rings. The van der Waals surface area contributed by atoms with Crippen LogP contribution in [0, 0.1) is 5.92 Å². The molecule has 0 saturated heterocycles. The number of benzene rings is 1. The summed E-state index contributed by atoms with van der Waals surface area (Å²) in [7, 11) is 1.62. The monoisotopic (exact) mass is 305 g/mol. The Morgan fingerprint density at radius 3 is 2.68 bits per heavy atom. The van der Waals surface area contributed by atoms with Crippen LogP contribution in [0.15, 0.2) is 24.3 Å². The molecule has 1 unspecified atom stereocenters. The van der Waals surface area contributed by atoms with Crippen LogP contribution in [-0.2, 0) is 4.79 Å². The highest BCUT2D eigenvalue weighted by atomic mass is 16.5. The van der Waals surface area contributed by atoms with Crippen LogP contribution < -0.4 is 14.8 Å². The fraction of sp³-hybridized carbons (Fsp3) is 0.611. The summed E-state index contributed by atoms with van der Waals surface area (Å²) in [5.41, 5.74) is 0. The Kier molecular flexibility index (Phi) is 6.56. The maximum Gasteiger partial charge on any atom is 0.261 e.